The van der Waals surface area contributed by atoms with Crippen molar-refractivity contribution in [2.45, 2.75) is 27.3 Å². The number of nitrogens with one attached hydrogen (secondary N) is 1. The lowest BCUT2D eigenvalue weighted by atomic mass is 9.97. The lowest BCUT2D eigenvalue weighted by molar-refractivity contribution is 0.727. The first kappa shape index (κ1) is 14.1. The third-order valence-corrected chi connectivity index (χ3v) is 3.67. The molecule has 19 heavy (non-hydrogen) atoms. The average Bonchev–Trinajstić information content (AvgIpc) is 2.40. The van der Waals surface area contributed by atoms with Crippen molar-refractivity contribution in [3.05, 3.63) is 58.1 Å². The maximum Gasteiger partial charge on any atom is 0.0457 e. The van der Waals surface area contributed by atoms with Gasteiger partial charge in [-0.3, -0.25) is 0 Å². The molecule has 1 N–H and O–H groups in total. The number of halogens is 1. The fourth-order valence-corrected chi connectivity index (χ4v) is 2.41. The molecular weight excluding hydrogens is 254 g/mol. The summed E-state index contributed by atoms with van der Waals surface area (Å²) in [7, 11) is 0. The Morgan fingerprint density at radius 1 is 1.05 bits per heavy atom. The second kappa shape index (κ2) is 6.23. The molecule has 0 bridgehead atoms. The minimum Gasteiger partial charge on any atom is -0.313 e. The van der Waals surface area contributed by atoms with Crippen LogP contribution in [0.2, 0.25) is 5.02 Å². The van der Waals surface area contributed by atoms with Crippen LogP contribution in [-0.2, 0) is 6.54 Å². The first-order chi connectivity index (χ1) is 9.11. The Kier molecular flexibility index (Phi) is 4.62. The SMILES string of the molecule is CCNCc1ccc(-c2cc(C)ccc2C)cc1Cl. The molecule has 0 aliphatic heterocycles. The number of hydrogen-bond donors (Lipinski definition) is 1. The minimum atomic E-state index is 0.822. The molecule has 0 aliphatic carbocycles. The van der Waals surface area contributed by atoms with Gasteiger partial charge in [-0.15, -0.1) is 0 Å². The molecule has 0 saturated carbocycles. The topological polar surface area (TPSA) is 12.0 Å². The quantitative estimate of drug-likeness (QED) is 0.849. The molecule has 0 amide bonds. The van der Waals surface area contributed by atoms with E-state index in [0.29, 0.717) is 0 Å². The van der Waals surface area contributed by atoms with E-state index in [0.717, 1.165) is 23.7 Å². The number of hydrogen-bond acceptors (Lipinski definition) is 1. The van der Waals surface area contributed by atoms with Gasteiger partial charge in [0, 0.05) is 11.6 Å². The number of aryl methyl sites for hydroxylation is 2. The van der Waals surface area contributed by atoms with Gasteiger partial charge in [-0.2, -0.15) is 0 Å². The second-order valence-electron chi connectivity index (χ2n) is 4.90. The lowest BCUT2D eigenvalue weighted by Crippen LogP contribution is -2.11. The summed E-state index contributed by atoms with van der Waals surface area (Å²) in [6.07, 6.45) is 0. The first-order valence-corrected chi connectivity index (χ1v) is 7.06. The Morgan fingerprint density at radius 2 is 1.84 bits per heavy atom. The van der Waals surface area contributed by atoms with Gasteiger partial charge < -0.3 is 5.32 Å². The van der Waals surface area contributed by atoms with Crippen molar-refractivity contribution in [1.29, 1.82) is 0 Å². The highest BCUT2D eigenvalue weighted by molar-refractivity contribution is 6.31. The fraction of sp³-hybridized carbons (Fsp3) is 0.294. The van der Waals surface area contributed by atoms with Crippen LogP contribution in [0.5, 0.6) is 0 Å². The van der Waals surface area contributed by atoms with Crippen LogP contribution in [0.1, 0.15) is 23.6 Å². The molecule has 1 nitrogen and oxygen atoms in total. The molecule has 0 heterocycles. The van der Waals surface area contributed by atoms with Crippen LogP contribution in [-0.4, -0.2) is 6.54 Å². The van der Waals surface area contributed by atoms with Crippen molar-refractivity contribution in [3.8, 4) is 11.1 Å². The molecule has 2 heteroatoms. The van der Waals surface area contributed by atoms with E-state index in [1.54, 1.807) is 0 Å². The van der Waals surface area contributed by atoms with E-state index in [1.807, 2.05) is 0 Å². The highest BCUT2D eigenvalue weighted by atomic mass is 35.5. The molecule has 2 aromatic carbocycles. The Morgan fingerprint density at radius 3 is 2.53 bits per heavy atom. The van der Waals surface area contributed by atoms with Crippen molar-refractivity contribution in [1.82, 2.24) is 5.32 Å². The highest BCUT2D eigenvalue weighted by Crippen LogP contribution is 2.28. The maximum absolute atomic E-state index is 6.37. The lowest BCUT2D eigenvalue weighted by Gasteiger charge is -2.10. The Bertz CT molecular complexity index is 575. The van der Waals surface area contributed by atoms with Crippen LogP contribution >= 0.6 is 11.6 Å². The Labute approximate surface area is 120 Å². The van der Waals surface area contributed by atoms with E-state index in [2.05, 4.69) is 62.5 Å². The van der Waals surface area contributed by atoms with Gasteiger partial charge in [-0.25, -0.2) is 0 Å². The van der Waals surface area contributed by atoms with Crippen LogP contribution in [0.3, 0.4) is 0 Å². The molecule has 0 saturated heterocycles. The van der Waals surface area contributed by atoms with Crippen LogP contribution < -0.4 is 5.32 Å². The normalized spacial score (nSPS) is 10.7. The summed E-state index contributed by atoms with van der Waals surface area (Å²) in [6, 6.07) is 12.8. The van der Waals surface area contributed by atoms with Crippen molar-refractivity contribution in [3.63, 3.8) is 0 Å². The maximum atomic E-state index is 6.37. The van der Waals surface area contributed by atoms with Crippen LogP contribution in [0.4, 0.5) is 0 Å². The average molecular weight is 274 g/mol. The molecule has 0 radical (unpaired) electrons. The van der Waals surface area contributed by atoms with Gasteiger partial charge >= 0.3 is 0 Å². The van der Waals surface area contributed by atoms with Gasteiger partial charge in [-0.1, -0.05) is 54.4 Å². The summed E-state index contributed by atoms with van der Waals surface area (Å²) in [5.74, 6) is 0. The fourth-order valence-electron chi connectivity index (χ4n) is 2.16. The summed E-state index contributed by atoms with van der Waals surface area (Å²) < 4.78 is 0. The number of benzene rings is 2. The van der Waals surface area contributed by atoms with Crippen molar-refractivity contribution in [2.24, 2.45) is 0 Å². The van der Waals surface area contributed by atoms with Crippen molar-refractivity contribution >= 4 is 11.6 Å². The van der Waals surface area contributed by atoms with Gasteiger partial charge in [0.15, 0.2) is 0 Å². The predicted molar refractivity (Wildman–Crippen MR) is 83.7 cm³/mol. The summed E-state index contributed by atoms with van der Waals surface area (Å²) >= 11 is 6.37. The largest absolute Gasteiger partial charge is 0.313 e. The van der Waals surface area contributed by atoms with Crippen molar-refractivity contribution < 1.29 is 0 Å². The van der Waals surface area contributed by atoms with Crippen molar-refractivity contribution in [2.75, 3.05) is 6.54 Å². The zero-order valence-electron chi connectivity index (χ0n) is 11.8. The van der Waals surface area contributed by atoms with Gasteiger partial charge in [0.2, 0.25) is 0 Å². The number of rotatable bonds is 4. The molecule has 0 unspecified atom stereocenters. The molecule has 0 aliphatic rings. The van der Waals surface area contributed by atoms with Gasteiger partial charge in [-0.05, 0) is 48.7 Å². The smallest absolute Gasteiger partial charge is 0.0457 e. The molecule has 0 fully saturated rings. The van der Waals surface area contributed by atoms with Gasteiger partial charge in [0.25, 0.3) is 0 Å². The molecule has 2 rings (SSSR count). The van der Waals surface area contributed by atoms with E-state index in [9.17, 15) is 0 Å². The predicted octanol–water partition coefficient (Wildman–Crippen LogP) is 4.73. The Balaban J connectivity index is 2.36. The van der Waals surface area contributed by atoms with E-state index in [-0.39, 0.29) is 0 Å². The van der Waals surface area contributed by atoms with Crippen LogP contribution in [0.25, 0.3) is 11.1 Å². The summed E-state index contributed by atoms with van der Waals surface area (Å²) in [4.78, 5) is 0. The second-order valence-corrected chi connectivity index (χ2v) is 5.31. The summed E-state index contributed by atoms with van der Waals surface area (Å²) in [6.45, 7) is 8.12. The Hall–Kier alpha value is -1.31. The van der Waals surface area contributed by atoms with E-state index in [4.69, 9.17) is 11.6 Å². The van der Waals surface area contributed by atoms with Gasteiger partial charge in [0.1, 0.15) is 0 Å². The molecule has 0 spiro atoms. The zero-order valence-corrected chi connectivity index (χ0v) is 12.5. The first-order valence-electron chi connectivity index (χ1n) is 6.68. The molecular formula is C17H20ClN. The highest BCUT2D eigenvalue weighted by Gasteiger charge is 2.06. The third kappa shape index (κ3) is 3.37. The van der Waals surface area contributed by atoms with E-state index in [1.165, 1.54) is 22.3 Å². The third-order valence-electron chi connectivity index (χ3n) is 3.32. The monoisotopic (exact) mass is 273 g/mol. The van der Waals surface area contributed by atoms with E-state index >= 15 is 0 Å². The summed E-state index contributed by atoms with van der Waals surface area (Å²) in [5.41, 5.74) is 6.15. The zero-order chi connectivity index (χ0) is 13.8. The molecule has 100 valence electrons. The summed E-state index contributed by atoms with van der Waals surface area (Å²) in [5, 5.41) is 4.13. The molecule has 0 atom stereocenters. The van der Waals surface area contributed by atoms with Gasteiger partial charge in [0.05, 0.1) is 0 Å². The van der Waals surface area contributed by atoms with Crippen LogP contribution in [0, 0.1) is 13.8 Å². The minimum absolute atomic E-state index is 0.822. The molecule has 0 aromatic heterocycles. The van der Waals surface area contributed by atoms with Crippen LogP contribution in [0.15, 0.2) is 36.4 Å². The molecule has 2 aromatic rings. The van der Waals surface area contributed by atoms with E-state index < -0.39 is 0 Å². The standard InChI is InChI=1S/C17H20ClN/c1-4-19-11-15-8-7-14(10-17(15)18)16-9-12(2)5-6-13(16)3/h5-10,19H,4,11H2,1-3H3.